The van der Waals surface area contributed by atoms with Crippen molar-refractivity contribution in [1.82, 2.24) is 15.5 Å². The predicted molar refractivity (Wildman–Crippen MR) is 143 cm³/mol. The smallest absolute Gasteiger partial charge is 0.404 e. The molecule has 0 spiro atoms. The van der Waals surface area contributed by atoms with Crippen molar-refractivity contribution in [3.63, 3.8) is 0 Å². The molecule has 38 heavy (non-hydrogen) atoms. The molecule has 1 atom stereocenters. The fraction of sp³-hybridized carbons (Fsp3) is 0.500. The molecular formula is C28H40FN3O6. The number of rotatable bonds is 19. The molecule has 2 amide bonds. The fourth-order valence-corrected chi connectivity index (χ4v) is 3.52. The summed E-state index contributed by atoms with van der Waals surface area (Å²) in [6.07, 6.45) is -2.42. The number of alkyl halides is 1. The zero-order valence-electron chi connectivity index (χ0n) is 22.2. The molecule has 0 saturated heterocycles. The summed E-state index contributed by atoms with van der Waals surface area (Å²) in [5.41, 5.74) is 1.03. The van der Waals surface area contributed by atoms with E-state index in [1.165, 1.54) is 0 Å². The molecule has 0 aromatic heterocycles. The van der Waals surface area contributed by atoms with Gasteiger partial charge in [0.1, 0.15) is 12.8 Å². The van der Waals surface area contributed by atoms with Gasteiger partial charge in [0.15, 0.2) is 0 Å². The van der Waals surface area contributed by atoms with Crippen molar-refractivity contribution in [1.29, 1.82) is 0 Å². The predicted octanol–water partition coefficient (Wildman–Crippen LogP) is 3.24. The van der Waals surface area contributed by atoms with Crippen LogP contribution in [0.2, 0.25) is 0 Å². The van der Waals surface area contributed by atoms with Crippen molar-refractivity contribution < 1.29 is 33.3 Å². The van der Waals surface area contributed by atoms with Gasteiger partial charge >= 0.3 is 6.09 Å². The zero-order chi connectivity index (χ0) is 27.6. The Bertz CT molecular complexity index is 891. The second kappa shape index (κ2) is 17.5. The first-order chi connectivity index (χ1) is 18.3. The Kier molecular flexibility index (Phi) is 14.3. The highest BCUT2D eigenvalue weighted by atomic mass is 19.1. The molecule has 0 radical (unpaired) electrons. The second-order valence-corrected chi connectivity index (χ2v) is 9.31. The summed E-state index contributed by atoms with van der Waals surface area (Å²) in [6.45, 7) is 6.06. The summed E-state index contributed by atoms with van der Waals surface area (Å²) < 4.78 is 31.7. The maximum absolute atomic E-state index is 15.5. The SMILES string of the molecule is CC(C)(OCC(=O)NCCOCCOCCNC(=O)O)C(F)CN(Cc1ccccc1)Cc1ccccc1. The number of amides is 2. The van der Waals surface area contributed by atoms with E-state index in [4.69, 9.17) is 19.3 Å². The van der Waals surface area contributed by atoms with Gasteiger partial charge in [0.2, 0.25) is 5.91 Å². The second-order valence-electron chi connectivity index (χ2n) is 9.31. The molecule has 0 heterocycles. The van der Waals surface area contributed by atoms with Gasteiger partial charge in [0.25, 0.3) is 0 Å². The number of nitrogens with one attached hydrogen (secondary N) is 2. The van der Waals surface area contributed by atoms with Crippen molar-refractivity contribution >= 4 is 12.0 Å². The van der Waals surface area contributed by atoms with Crippen LogP contribution in [0.25, 0.3) is 0 Å². The van der Waals surface area contributed by atoms with Crippen LogP contribution >= 0.6 is 0 Å². The maximum atomic E-state index is 15.5. The summed E-state index contributed by atoms with van der Waals surface area (Å²) in [5, 5.41) is 13.3. The Labute approximate surface area is 224 Å². The third-order valence-corrected chi connectivity index (χ3v) is 5.71. The topological polar surface area (TPSA) is 109 Å². The van der Waals surface area contributed by atoms with E-state index < -0.39 is 17.9 Å². The first-order valence-corrected chi connectivity index (χ1v) is 12.7. The maximum Gasteiger partial charge on any atom is 0.404 e. The highest BCUT2D eigenvalue weighted by molar-refractivity contribution is 5.77. The standard InChI is InChI=1S/C28H40FN3O6/c1-28(2,38-22-26(33)30-13-15-36-17-18-37-16-14-31-27(34)35)25(29)21-32(19-23-9-5-3-6-10-23)20-24-11-7-4-8-12-24/h3-12,25,31H,13-22H2,1-2H3,(H,30,33)(H,34,35). The monoisotopic (exact) mass is 533 g/mol. The summed E-state index contributed by atoms with van der Waals surface area (Å²) >= 11 is 0. The van der Waals surface area contributed by atoms with Crippen LogP contribution in [0.5, 0.6) is 0 Å². The first-order valence-electron chi connectivity index (χ1n) is 12.7. The zero-order valence-corrected chi connectivity index (χ0v) is 22.2. The third kappa shape index (κ3) is 13.5. The van der Waals surface area contributed by atoms with Crippen molar-refractivity contribution in [3.05, 3.63) is 71.8 Å². The third-order valence-electron chi connectivity index (χ3n) is 5.71. The number of hydrogen-bond acceptors (Lipinski definition) is 6. The van der Waals surface area contributed by atoms with Gasteiger partial charge in [-0.05, 0) is 25.0 Å². The number of hydrogen-bond donors (Lipinski definition) is 3. The lowest BCUT2D eigenvalue weighted by molar-refractivity contribution is -0.137. The van der Waals surface area contributed by atoms with Crippen LogP contribution in [0.15, 0.2) is 60.7 Å². The van der Waals surface area contributed by atoms with Crippen molar-refractivity contribution in [2.45, 2.75) is 38.7 Å². The summed E-state index contributed by atoms with van der Waals surface area (Å²) in [4.78, 5) is 24.5. The van der Waals surface area contributed by atoms with E-state index in [0.717, 1.165) is 11.1 Å². The van der Waals surface area contributed by atoms with Crippen LogP contribution in [-0.4, -0.2) is 86.4 Å². The Morgan fingerprint density at radius 3 is 1.87 bits per heavy atom. The Hall–Kier alpha value is -3.05. The molecule has 0 aliphatic rings. The van der Waals surface area contributed by atoms with E-state index >= 15 is 4.39 Å². The van der Waals surface area contributed by atoms with E-state index in [9.17, 15) is 9.59 Å². The van der Waals surface area contributed by atoms with Crippen LogP contribution in [0.1, 0.15) is 25.0 Å². The first kappa shape index (κ1) is 31.2. The summed E-state index contributed by atoms with van der Waals surface area (Å²) in [7, 11) is 0. The van der Waals surface area contributed by atoms with Gasteiger partial charge in [-0.15, -0.1) is 0 Å². The van der Waals surface area contributed by atoms with Gasteiger partial charge in [-0.1, -0.05) is 60.7 Å². The van der Waals surface area contributed by atoms with E-state index in [-0.39, 0.29) is 45.4 Å². The van der Waals surface area contributed by atoms with Gasteiger partial charge in [-0.2, -0.15) is 0 Å². The molecule has 2 aromatic rings. The molecule has 9 nitrogen and oxygen atoms in total. The molecule has 0 saturated carbocycles. The molecule has 3 N–H and O–H groups in total. The molecular weight excluding hydrogens is 493 g/mol. The number of carbonyl (C=O) groups excluding carboxylic acids is 1. The van der Waals surface area contributed by atoms with Gasteiger partial charge in [-0.3, -0.25) is 9.69 Å². The lowest BCUT2D eigenvalue weighted by Gasteiger charge is -2.33. The Balaban J connectivity index is 1.70. The van der Waals surface area contributed by atoms with Crippen LogP contribution < -0.4 is 10.6 Å². The lowest BCUT2D eigenvalue weighted by atomic mass is 10.0. The van der Waals surface area contributed by atoms with Crippen molar-refractivity contribution in [2.24, 2.45) is 0 Å². The van der Waals surface area contributed by atoms with Gasteiger partial charge in [0.05, 0.1) is 32.0 Å². The average Bonchev–Trinajstić information content (AvgIpc) is 2.89. The minimum absolute atomic E-state index is 0.153. The largest absolute Gasteiger partial charge is 0.465 e. The molecule has 0 aliphatic carbocycles. The fourth-order valence-electron chi connectivity index (χ4n) is 3.52. The molecule has 0 fully saturated rings. The van der Waals surface area contributed by atoms with Crippen LogP contribution in [0.4, 0.5) is 9.18 Å². The quantitative estimate of drug-likeness (QED) is 0.238. The molecule has 1 unspecified atom stereocenters. The summed E-state index contributed by atoms with van der Waals surface area (Å²) in [6, 6.07) is 19.9. The van der Waals surface area contributed by atoms with Gasteiger partial charge in [0, 0.05) is 32.7 Å². The van der Waals surface area contributed by atoms with E-state index in [1.54, 1.807) is 13.8 Å². The molecule has 0 bridgehead atoms. The molecule has 10 heteroatoms. The number of halogens is 1. The van der Waals surface area contributed by atoms with Crippen LogP contribution in [0, 0.1) is 0 Å². The minimum Gasteiger partial charge on any atom is -0.465 e. The Morgan fingerprint density at radius 2 is 1.37 bits per heavy atom. The number of benzene rings is 2. The van der Waals surface area contributed by atoms with Gasteiger partial charge in [-0.25, -0.2) is 9.18 Å². The van der Waals surface area contributed by atoms with Crippen molar-refractivity contribution in [3.8, 4) is 0 Å². The van der Waals surface area contributed by atoms with Gasteiger partial charge < -0.3 is 30.0 Å². The normalized spacial score (nSPS) is 12.3. The van der Waals surface area contributed by atoms with Crippen LogP contribution in [-0.2, 0) is 32.1 Å². The molecule has 2 aromatic carbocycles. The number of ether oxygens (including phenoxy) is 3. The number of nitrogens with zero attached hydrogens (tertiary/aromatic N) is 1. The average molecular weight is 534 g/mol. The van der Waals surface area contributed by atoms with Crippen LogP contribution in [0.3, 0.4) is 0 Å². The summed E-state index contributed by atoms with van der Waals surface area (Å²) in [5.74, 6) is -0.352. The molecule has 0 aliphatic heterocycles. The number of carboxylic acid groups (broad SMARTS) is 1. The van der Waals surface area contributed by atoms with E-state index in [2.05, 4.69) is 10.6 Å². The van der Waals surface area contributed by atoms with Crippen molar-refractivity contribution in [2.75, 3.05) is 52.7 Å². The van der Waals surface area contributed by atoms with E-state index in [0.29, 0.717) is 26.3 Å². The highest BCUT2D eigenvalue weighted by Gasteiger charge is 2.33. The Morgan fingerprint density at radius 1 is 0.868 bits per heavy atom. The van der Waals surface area contributed by atoms with E-state index in [1.807, 2.05) is 65.6 Å². The highest BCUT2D eigenvalue weighted by Crippen LogP contribution is 2.21. The lowest BCUT2D eigenvalue weighted by Crippen LogP contribution is -2.45. The minimum atomic E-state index is -1.32. The number of carbonyl (C=O) groups is 2. The molecule has 210 valence electrons. The molecule has 2 rings (SSSR count).